The maximum absolute atomic E-state index is 12.2. The molecule has 5 heteroatoms. The predicted molar refractivity (Wildman–Crippen MR) is 79.4 cm³/mol. The van der Waals surface area contributed by atoms with Crippen LogP contribution in [0.15, 0.2) is 35.2 Å². The molecule has 1 unspecified atom stereocenters. The summed E-state index contributed by atoms with van der Waals surface area (Å²) in [5.41, 5.74) is 1.43. The second-order valence-corrected chi connectivity index (χ2v) is 7.24. The van der Waals surface area contributed by atoms with Gasteiger partial charge in [0.05, 0.1) is 4.90 Å². The van der Waals surface area contributed by atoms with Crippen LogP contribution in [-0.4, -0.2) is 20.6 Å². The van der Waals surface area contributed by atoms with E-state index in [4.69, 9.17) is 0 Å². The van der Waals surface area contributed by atoms with E-state index in [0.29, 0.717) is 5.69 Å². The fraction of sp³-hybridized carbons (Fsp3) is 0.400. The molecule has 4 nitrogen and oxygen atoms in total. The van der Waals surface area contributed by atoms with E-state index in [1.165, 1.54) is 6.07 Å². The minimum absolute atomic E-state index is 0.0266. The van der Waals surface area contributed by atoms with Gasteiger partial charge in [0.25, 0.3) is 0 Å². The molecule has 1 N–H and O–H groups in total. The van der Waals surface area contributed by atoms with Crippen molar-refractivity contribution in [1.29, 1.82) is 0 Å². The first-order chi connectivity index (χ1) is 9.38. The van der Waals surface area contributed by atoms with E-state index in [9.17, 15) is 13.2 Å². The summed E-state index contributed by atoms with van der Waals surface area (Å²) in [5.74, 6) is -0.0654. The number of anilines is 1. The second kappa shape index (κ2) is 5.79. The lowest BCUT2D eigenvalue weighted by molar-refractivity contribution is -0.120. The van der Waals surface area contributed by atoms with Crippen LogP contribution in [0.1, 0.15) is 24.8 Å². The Kier molecular flexibility index (Phi) is 4.28. The molecule has 0 aliphatic heterocycles. The maximum Gasteiger partial charge on any atom is 0.227 e. The highest BCUT2D eigenvalue weighted by Crippen LogP contribution is 2.24. The van der Waals surface area contributed by atoms with Crippen LogP contribution in [0.5, 0.6) is 0 Å². The van der Waals surface area contributed by atoms with Crippen LogP contribution in [0.25, 0.3) is 0 Å². The highest BCUT2D eigenvalue weighted by Gasteiger charge is 2.19. The number of benzene rings is 1. The van der Waals surface area contributed by atoms with Gasteiger partial charge in [-0.1, -0.05) is 18.2 Å². The van der Waals surface area contributed by atoms with Crippen LogP contribution in [0.3, 0.4) is 0 Å². The fourth-order valence-electron chi connectivity index (χ4n) is 2.23. The van der Waals surface area contributed by atoms with Gasteiger partial charge in [-0.15, -0.1) is 0 Å². The third-order valence-corrected chi connectivity index (χ3v) is 4.65. The van der Waals surface area contributed by atoms with Gasteiger partial charge in [-0.2, -0.15) is 0 Å². The fourth-order valence-corrected chi connectivity index (χ4v) is 2.88. The number of amides is 1. The lowest BCUT2D eigenvalue weighted by atomic mass is 9.93. The van der Waals surface area contributed by atoms with E-state index in [0.717, 1.165) is 31.1 Å². The van der Waals surface area contributed by atoms with E-state index in [-0.39, 0.29) is 16.7 Å². The van der Waals surface area contributed by atoms with E-state index >= 15 is 0 Å². The summed E-state index contributed by atoms with van der Waals surface area (Å²) in [4.78, 5) is 12.4. The molecule has 1 aliphatic carbocycles. The molecule has 1 aromatic rings. The van der Waals surface area contributed by atoms with Crippen molar-refractivity contribution in [3.63, 3.8) is 0 Å². The third kappa shape index (κ3) is 3.48. The molecular weight excluding hydrogens is 274 g/mol. The number of carbonyl (C=O) groups excluding carboxylic acids is 1. The van der Waals surface area contributed by atoms with Crippen molar-refractivity contribution < 1.29 is 13.2 Å². The Morgan fingerprint density at radius 1 is 1.30 bits per heavy atom. The zero-order valence-corrected chi connectivity index (χ0v) is 12.5. The topological polar surface area (TPSA) is 63.2 Å². The summed E-state index contributed by atoms with van der Waals surface area (Å²) in [6, 6.07) is 4.80. The van der Waals surface area contributed by atoms with Crippen LogP contribution in [0, 0.1) is 12.8 Å². The van der Waals surface area contributed by atoms with Crippen molar-refractivity contribution in [2.75, 3.05) is 11.6 Å². The van der Waals surface area contributed by atoms with Crippen LogP contribution in [0.4, 0.5) is 5.69 Å². The van der Waals surface area contributed by atoms with Gasteiger partial charge in [0.1, 0.15) is 0 Å². The molecule has 1 amide bonds. The van der Waals surface area contributed by atoms with E-state index in [2.05, 4.69) is 11.4 Å². The monoisotopic (exact) mass is 293 g/mol. The molecule has 108 valence electrons. The van der Waals surface area contributed by atoms with Gasteiger partial charge in [0.15, 0.2) is 9.84 Å². The molecule has 0 fully saturated rings. The van der Waals surface area contributed by atoms with E-state index in [1.54, 1.807) is 12.1 Å². The maximum atomic E-state index is 12.2. The SMILES string of the molecule is Cc1ccc(S(C)(=O)=O)cc1NC(=O)C1CC=CCC1. The average Bonchev–Trinajstić information content (AvgIpc) is 2.41. The number of allylic oxidation sites excluding steroid dienone is 2. The molecule has 1 atom stereocenters. The summed E-state index contributed by atoms with van der Waals surface area (Å²) in [7, 11) is -3.27. The van der Waals surface area contributed by atoms with Crippen molar-refractivity contribution >= 4 is 21.4 Å². The molecule has 1 aliphatic rings. The van der Waals surface area contributed by atoms with Crippen LogP contribution >= 0.6 is 0 Å². The number of carbonyl (C=O) groups is 1. The first-order valence-electron chi connectivity index (χ1n) is 6.64. The molecule has 2 rings (SSSR count). The predicted octanol–water partition coefficient (Wildman–Crippen LogP) is 2.69. The molecule has 0 saturated carbocycles. The van der Waals surface area contributed by atoms with Crippen molar-refractivity contribution in [2.24, 2.45) is 5.92 Å². The van der Waals surface area contributed by atoms with Crippen molar-refractivity contribution in [1.82, 2.24) is 0 Å². The van der Waals surface area contributed by atoms with Gasteiger partial charge in [0, 0.05) is 17.9 Å². The zero-order chi connectivity index (χ0) is 14.8. The first kappa shape index (κ1) is 14.8. The molecule has 0 heterocycles. The standard InChI is InChI=1S/C15H19NO3S/c1-11-8-9-13(20(2,18)19)10-14(11)16-15(17)12-6-4-3-5-7-12/h3-4,8-10,12H,5-7H2,1-2H3,(H,16,17). The van der Waals surface area contributed by atoms with Gasteiger partial charge in [-0.05, 0) is 43.9 Å². The summed E-state index contributed by atoms with van der Waals surface area (Å²) >= 11 is 0. The largest absolute Gasteiger partial charge is 0.326 e. The van der Waals surface area contributed by atoms with E-state index < -0.39 is 9.84 Å². The normalized spacial score (nSPS) is 18.8. The van der Waals surface area contributed by atoms with E-state index in [1.807, 2.05) is 13.0 Å². The number of sulfone groups is 1. The van der Waals surface area contributed by atoms with Gasteiger partial charge in [-0.25, -0.2) is 8.42 Å². The number of hydrogen-bond acceptors (Lipinski definition) is 3. The Labute approximate surface area is 119 Å². The highest BCUT2D eigenvalue weighted by atomic mass is 32.2. The molecule has 0 bridgehead atoms. The third-order valence-electron chi connectivity index (χ3n) is 3.53. The Morgan fingerprint density at radius 2 is 2.05 bits per heavy atom. The lowest BCUT2D eigenvalue weighted by Gasteiger charge is -2.18. The Bertz CT molecular complexity index is 647. The molecule has 20 heavy (non-hydrogen) atoms. The minimum Gasteiger partial charge on any atom is -0.326 e. The summed E-state index contributed by atoms with van der Waals surface area (Å²) in [6.45, 7) is 1.85. The molecule has 0 saturated heterocycles. The number of nitrogens with one attached hydrogen (secondary N) is 1. The molecule has 0 spiro atoms. The number of rotatable bonds is 3. The molecule has 1 aromatic carbocycles. The molecule has 0 radical (unpaired) electrons. The first-order valence-corrected chi connectivity index (χ1v) is 8.53. The van der Waals surface area contributed by atoms with Gasteiger partial charge < -0.3 is 5.32 Å². The van der Waals surface area contributed by atoms with Crippen molar-refractivity contribution in [3.8, 4) is 0 Å². The van der Waals surface area contributed by atoms with Gasteiger partial charge >= 0.3 is 0 Å². The van der Waals surface area contributed by atoms with Crippen LogP contribution in [-0.2, 0) is 14.6 Å². The minimum atomic E-state index is -3.27. The Morgan fingerprint density at radius 3 is 2.65 bits per heavy atom. The van der Waals surface area contributed by atoms with Gasteiger partial charge in [-0.3, -0.25) is 4.79 Å². The number of aryl methyl sites for hydroxylation is 1. The zero-order valence-electron chi connectivity index (χ0n) is 11.7. The summed E-state index contributed by atoms with van der Waals surface area (Å²) in [6.07, 6.45) is 7.77. The molecular formula is C15H19NO3S. The lowest BCUT2D eigenvalue weighted by Crippen LogP contribution is -2.24. The average molecular weight is 293 g/mol. The van der Waals surface area contributed by atoms with Crippen molar-refractivity contribution in [2.45, 2.75) is 31.1 Å². The summed E-state index contributed by atoms with van der Waals surface area (Å²) < 4.78 is 23.1. The Hall–Kier alpha value is -1.62. The van der Waals surface area contributed by atoms with Gasteiger partial charge in [0.2, 0.25) is 5.91 Å². The second-order valence-electron chi connectivity index (χ2n) is 5.22. The number of hydrogen-bond donors (Lipinski definition) is 1. The smallest absolute Gasteiger partial charge is 0.227 e. The van der Waals surface area contributed by atoms with Crippen molar-refractivity contribution in [3.05, 3.63) is 35.9 Å². The highest BCUT2D eigenvalue weighted by molar-refractivity contribution is 7.90. The quantitative estimate of drug-likeness (QED) is 0.872. The Balaban J connectivity index is 2.20. The summed E-state index contributed by atoms with van der Waals surface area (Å²) in [5, 5.41) is 2.86. The van der Waals surface area contributed by atoms with Crippen LogP contribution < -0.4 is 5.32 Å². The van der Waals surface area contributed by atoms with Crippen LogP contribution in [0.2, 0.25) is 0 Å². The molecule has 0 aromatic heterocycles.